The fourth-order valence-electron chi connectivity index (χ4n) is 4.14. The maximum atomic E-state index is 12.6. The van der Waals surface area contributed by atoms with Crippen molar-refractivity contribution in [2.75, 3.05) is 53.9 Å². The summed E-state index contributed by atoms with van der Waals surface area (Å²) in [5.41, 5.74) is -0.253. The number of rotatable bonds is 8. The van der Waals surface area contributed by atoms with Crippen molar-refractivity contribution in [2.45, 2.75) is 51.4 Å². The molecule has 0 aromatic heterocycles. The molecule has 1 aliphatic carbocycles. The molecule has 0 unspecified atom stereocenters. The molecular weight excluding hydrogens is 314 g/mol. The number of unbranched alkanes of at least 4 members (excludes halogenated alkanes) is 1. The molecular formula is C19H37N5O. The summed E-state index contributed by atoms with van der Waals surface area (Å²) >= 11 is 0. The summed E-state index contributed by atoms with van der Waals surface area (Å²) in [7, 11) is 5.51. The molecule has 144 valence electrons. The Bertz CT molecular complexity index is 437. The predicted octanol–water partition coefficient (Wildman–Crippen LogP) is 1.68. The number of aliphatic imine (C=N–C) groups is 1. The van der Waals surface area contributed by atoms with Gasteiger partial charge in [0.25, 0.3) is 0 Å². The lowest BCUT2D eigenvalue weighted by atomic mass is 9.84. The van der Waals surface area contributed by atoms with Crippen LogP contribution in [0.3, 0.4) is 0 Å². The highest BCUT2D eigenvalue weighted by Crippen LogP contribution is 2.38. The van der Waals surface area contributed by atoms with Gasteiger partial charge in [-0.3, -0.25) is 9.79 Å². The number of carbonyl (C=O) groups is 1. The molecule has 6 nitrogen and oxygen atoms in total. The van der Waals surface area contributed by atoms with E-state index in [1.54, 1.807) is 11.9 Å². The molecule has 0 spiro atoms. The summed E-state index contributed by atoms with van der Waals surface area (Å²) in [6.45, 7) is 5.38. The van der Waals surface area contributed by atoms with Crippen LogP contribution in [0.5, 0.6) is 0 Å². The van der Waals surface area contributed by atoms with Crippen LogP contribution >= 0.6 is 0 Å². The van der Waals surface area contributed by atoms with Gasteiger partial charge >= 0.3 is 0 Å². The van der Waals surface area contributed by atoms with Crippen molar-refractivity contribution in [3.8, 4) is 0 Å². The number of hydrogen-bond donors (Lipinski definition) is 2. The lowest BCUT2D eigenvalue weighted by molar-refractivity contribution is -0.138. The second-order valence-electron chi connectivity index (χ2n) is 7.80. The third-order valence-corrected chi connectivity index (χ3v) is 5.63. The third-order valence-electron chi connectivity index (χ3n) is 5.63. The minimum Gasteiger partial charge on any atom is -0.356 e. The zero-order valence-corrected chi connectivity index (χ0v) is 16.4. The van der Waals surface area contributed by atoms with Gasteiger partial charge in [0.15, 0.2) is 5.96 Å². The van der Waals surface area contributed by atoms with E-state index in [0.717, 1.165) is 44.6 Å². The molecule has 2 fully saturated rings. The molecule has 1 saturated carbocycles. The number of guanidine groups is 1. The fourth-order valence-corrected chi connectivity index (χ4v) is 4.14. The SMILES string of the molecule is CN=C(NCCCCN1CCCC1)NCC1(C(=O)N(C)C)CCCC1. The summed E-state index contributed by atoms with van der Waals surface area (Å²) in [5, 5.41) is 6.80. The molecule has 1 heterocycles. The predicted molar refractivity (Wildman–Crippen MR) is 104 cm³/mol. The van der Waals surface area contributed by atoms with Crippen LogP contribution in [-0.4, -0.2) is 75.5 Å². The van der Waals surface area contributed by atoms with E-state index in [1.807, 2.05) is 14.1 Å². The first kappa shape index (κ1) is 20.0. The van der Waals surface area contributed by atoms with Gasteiger partial charge in [0.2, 0.25) is 5.91 Å². The first-order valence-corrected chi connectivity index (χ1v) is 9.96. The van der Waals surface area contributed by atoms with Gasteiger partial charge in [-0.05, 0) is 58.2 Å². The van der Waals surface area contributed by atoms with Crippen LogP contribution in [0.1, 0.15) is 51.4 Å². The zero-order valence-electron chi connectivity index (χ0n) is 16.4. The van der Waals surface area contributed by atoms with Gasteiger partial charge in [-0.25, -0.2) is 0 Å². The summed E-state index contributed by atoms with van der Waals surface area (Å²) < 4.78 is 0. The zero-order chi connectivity index (χ0) is 18.1. The van der Waals surface area contributed by atoms with Crippen molar-refractivity contribution in [1.29, 1.82) is 0 Å². The molecule has 2 aliphatic rings. The van der Waals surface area contributed by atoms with Crippen LogP contribution in [0.4, 0.5) is 0 Å². The van der Waals surface area contributed by atoms with E-state index in [0.29, 0.717) is 6.54 Å². The molecule has 1 aliphatic heterocycles. The van der Waals surface area contributed by atoms with Gasteiger partial charge in [0.1, 0.15) is 0 Å². The smallest absolute Gasteiger partial charge is 0.230 e. The van der Waals surface area contributed by atoms with Crippen molar-refractivity contribution in [1.82, 2.24) is 20.4 Å². The number of likely N-dealkylation sites (tertiary alicyclic amines) is 1. The number of amides is 1. The number of nitrogens with one attached hydrogen (secondary N) is 2. The average molecular weight is 352 g/mol. The van der Waals surface area contributed by atoms with E-state index >= 15 is 0 Å². The molecule has 0 aromatic rings. The van der Waals surface area contributed by atoms with E-state index in [-0.39, 0.29) is 11.3 Å². The minimum atomic E-state index is -0.253. The molecule has 0 bridgehead atoms. The quantitative estimate of drug-likeness (QED) is 0.397. The highest BCUT2D eigenvalue weighted by Gasteiger charge is 2.42. The van der Waals surface area contributed by atoms with E-state index in [4.69, 9.17) is 0 Å². The maximum absolute atomic E-state index is 12.6. The van der Waals surface area contributed by atoms with Crippen LogP contribution in [0.2, 0.25) is 0 Å². The van der Waals surface area contributed by atoms with Gasteiger partial charge in [0.05, 0.1) is 5.41 Å². The van der Waals surface area contributed by atoms with Crippen LogP contribution < -0.4 is 10.6 Å². The summed E-state index contributed by atoms with van der Waals surface area (Å²) in [6, 6.07) is 0. The summed E-state index contributed by atoms with van der Waals surface area (Å²) in [6.07, 6.45) is 9.34. The summed E-state index contributed by atoms with van der Waals surface area (Å²) in [4.78, 5) is 21.2. The van der Waals surface area contributed by atoms with Crippen molar-refractivity contribution in [3.05, 3.63) is 0 Å². The summed E-state index contributed by atoms with van der Waals surface area (Å²) in [5.74, 6) is 1.07. The van der Waals surface area contributed by atoms with Crippen LogP contribution in [0.15, 0.2) is 4.99 Å². The number of carbonyl (C=O) groups excluding carboxylic acids is 1. The second kappa shape index (κ2) is 10.00. The second-order valence-corrected chi connectivity index (χ2v) is 7.80. The van der Waals surface area contributed by atoms with Crippen molar-refractivity contribution in [2.24, 2.45) is 10.4 Å². The normalized spacial score (nSPS) is 20.7. The van der Waals surface area contributed by atoms with Gasteiger partial charge in [-0.1, -0.05) is 12.8 Å². The fraction of sp³-hybridized carbons (Fsp3) is 0.895. The molecule has 0 radical (unpaired) electrons. The first-order chi connectivity index (χ1) is 12.1. The van der Waals surface area contributed by atoms with E-state index in [1.165, 1.54) is 38.9 Å². The lowest BCUT2D eigenvalue weighted by Crippen LogP contribution is -2.49. The molecule has 2 rings (SSSR count). The molecule has 6 heteroatoms. The largest absolute Gasteiger partial charge is 0.356 e. The van der Waals surface area contributed by atoms with Crippen molar-refractivity contribution >= 4 is 11.9 Å². The third kappa shape index (κ3) is 5.87. The van der Waals surface area contributed by atoms with Gasteiger partial charge in [0, 0.05) is 34.2 Å². The Hall–Kier alpha value is -1.30. The molecule has 1 amide bonds. The van der Waals surface area contributed by atoms with Gasteiger partial charge in [-0.2, -0.15) is 0 Å². The van der Waals surface area contributed by atoms with E-state index in [2.05, 4.69) is 20.5 Å². The Morgan fingerprint density at radius 1 is 1.08 bits per heavy atom. The number of hydrogen-bond acceptors (Lipinski definition) is 3. The maximum Gasteiger partial charge on any atom is 0.230 e. The Kier molecular flexibility index (Phi) is 8.00. The Balaban J connectivity index is 1.68. The molecule has 1 saturated heterocycles. The molecule has 2 N–H and O–H groups in total. The van der Waals surface area contributed by atoms with Gasteiger partial charge in [-0.15, -0.1) is 0 Å². The average Bonchev–Trinajstić information content (AvgIpc) is 3.29. The van der Waals surface area contributed by atoms with Crippen LogP contribution in [0, 0.1) is 5.41 Å². The monoisotopic (exact) mass is 351 g/mol. The van der Waals surface area contributed by atoms with Crippen molar-refractivity contribution in [3.63, 3.8) is 0 Å². The van der Waals surface area contributed by atoms with Crippen molar-refractivity contribution < 1.29 is 4.79 Å². The highest BCUT2D eigenvalue weighted by molar-refractivity contribution is 5.85. The van der Waals surface area contributed by atoms with Crippen LogP contribution in [-0.2, 0) is 4.79 Å². The Morgan fingerprint density at radius 3 is 2.36 bits per heavy atom. The van der Waals surface area contributed by atoms with Gasteiger partial charge < -0.3 is 20.4 Å². The van der Waals surface area contributed by atoms with E-state index < -0.39 is 0 Å². The molecule has 25 heavy (non-hydrogen) atoms. The molecule has 0 atom stereocenters. The van der Waals surface area contributed by atoms with Crippen LogP contribution in [0.25, 0.3) is 0 Å². The first-order valence-electron chi connectivity index (χ1n) is 9.96. The molecule has 0 aromatic carbocycles. The standard InChI is InChI=1S/C19H37N5O/c1-20-18(21-12-6-7-13-24-14-8-9-15-24)22-16-19(10-4-5-11-19)17(25)23(2)3/h4-16H2,1-3H3,(H2,20,21,22). The number of nitrogens with zero attached hydrogens (tertiary/aromatic N) is 3. The van der Waals surface area contributed by atoms with E-state index in [9.17, 15) is 4.79 Å². The Labute approximate surface area is 153 Å². The highest BCUT2D eigenvalue weighted by atomic mass is 16.2. The Morgan fingerprint density at radius 2 is 1.76 bits per heavy atom. The lowest BCUT2D eigenvalue weighted by Gasteiger charge is -2.31. The minimum absolute atomic E-state index is 0.249. The topological polar surface area (TPSA) is 60.0 Å².